The molecule has 82 valence electrons. The first kappa shape index (κ1) is 11.2. The van der Waals surface area contributed by atoms with Gasteiger partial charge >= 0.3 is 0 Å². The summed E-state index contributed by atoms with van der Waals surface area (Å²) in [6, 6.07) is 11.9. The van der Waals surface area contributed by atoms with Gasteiger partial charge in [0.15, 0.2) is 0 Å². The van der Waals surface area contributed by atoms with Crippen LogP contribution in [0.25, 0.3) is 0 Å². The van der Waals surface area contributed by atoms with E-state index in [0.29, 0.717) is 0 Å². The predicted octanol–water partition coefficient (Wildman–Crippen LogP) is 3.86. The zero-order valence-corrected chi connectivity index (χ0v) is 10.4. The molecule has 1 aromatic carbocycles. The van der Waals surface area contributed by atoms with E-state index in [0.717, 1.165) is 10.6 Å². The van der Waals surface area contributed by atoms with Crippen LogP contribution in [0.3, 0.4) is 0 Å². The second-order valence-electron chi connectivity index (χ2n) is 3.21. The molecular formula is C12H11NOS2. The molecule has 1 heterocycles. The Labute approximate surface area is 103 Å². The highest BCUT2D eigenvalue weighted by Gasteiger charge is 2.05. The lowest BCUT2D eigenvalue weighted by Crippen LogP contribution is -2.06. The third-order valence-corrected chi connectivity index (χ3v) is 4.02. The molecular weight excluding hydrogens is 238 g/mol. The maximum absolute atomic E-state index is 11.1. The second kappa shape index (κ2) is 5.18. The molecule has 1 N–H and O–H groups in total. The van der Waals surface area contributed by atoms with Gasteiger partial charge in [0.2, 0.25) is 5.91 Å². The molecule has 2 aromatic rings. The zero-order chi connectivity index (χ0) is 11.4. The lowest BCUT2D eigenvalue weighted by molar-refractivity contribution is -0.114. The third kappa shape index (κ3) is 2.87. The van der Waals surface area contributed by atoms with Gasteiger partial charge in [0, 0.05) is 11.8 Å². The van der Waals surface area contributed by atoms with Crippen LogP contribution < -0.4 is 5.32 Å². The van der Waals surface area contributed by atoms with E-state index in [1.165, 1.54) is 11.1 Å². The first-order valence-electron chi connectivity index (χ1n) is 4.83. The van der Waals surface area contributed by atoms with E-state index in [9.17, 15) is 4.79 Å². The Morgan fingerprint density at radius 3 is 2.75 bits per heavy atom. The fourth-order valence-corrected chi connectivity index (χ4v) is 3.09. The number of benzene rings is 1. The quantitative estimate of drug-likeness (QED) is 0.895. The summed E-state index contributed by atoms with van der Waals surface area (Å²) in [7, 11) is 0. The number of amides is 1. The fraction of sp³-hybridized carbons (Fsp3) is 0.0833. The molecule has 0 aliphatic carbocycles. The molecule has 0 aliphatic rings. The van der Waals surface area contributed by atoms with Gasteiger partial charge in [-0.2, -0.15) is 0 Å². The van der Waals surface area contributed by atoms with E-state index < -0.39 is 0 Å². The fourth-order valence-electron chi connectivity index (χ4n) is 1.28. The van der Waals surface area contributed by atoms with Crippen LogP contribution in [0, 0.1) is 0 Å². The van der Waals surface area contributed by atoms with Gasteiger partial charge < -0.3 is 5.32 Å². The smallest absolute Gasteiger partial charge is 0.221 e. The van der Waals surface area contributed by atoms with E-state index >= 15 is 0 Å². The summed E-state index contributed by atoms with van der Waals surface area (Å²) in [5.74, 6) is -0.0424. The molecule has 0 fully saturated rings. The number of rotatable bonds is 3. The van der Waals surface area contributed by atoms with Crippen LogP contribution in [-0.4, -0.2) is 5.91 Å². The summed E-state index contributed by atoms with van der Waals surface area (Å²) < 4.78 is 1.22. The average molecular weight is 249 g/mol. The van der Waals surface area contributed by atoms with Gasteiger partial charge in [-0.3, -0.25) is 4.79 Å². The monoisotopic (exact) mass is 249 g/mol. The van der Waals surface area contributed by atoms with Crippen LogP contribution in [0.4, 0.5) is 5.69 Å². The number of hydrogen-bond donors (Lipinski definition) is 1. The Morgan fingerprint density at radius 2 is 2.06 bits per heavy atom. The van der Waals surface area contributed by atoms with Crippen molar-refractivity contribution in [3.05, 3.63) is 41.8 Å². The topological polar surface area (TPSA) is 29.1 Å². The van der Waals surface area contributed by atoms with Gasteiger partial charge in [-0.25, -0.2) is 0 Å². The molecule has 0 radical (unpaired) electrons. The normalized spacial score (nSPS) is 10.1. The molecule has 0 unspecified atom stereocenters. The van der Waals surface area contributed by atoms with Crippen LogP contribution in [-0.2, 0) is 4.79 Å². The Morgan fingerprint density at radius 1 is 1.25 bits per heavy atom. The van der Waals surface area contributed by atoms with E-state index in [4.69, 9.17) is 0 Å². The molecule has 1 amide bonds. The summed E-state index contributed by atoms with van der Waals surface area (Å²) >= 11 is 3.36. The van der Waals surface area contributed by atoms with Crippen LogP contribution >= 0.6 is 23.1 Å². The van der Waals surface area contributed by atoms with Crippen LogP contribution in [0.15, 0.2) is 50.9 Å². The summed E-state index contributed by atoms with van der Waals surface area (Å²) in [4.78, 5) is 12.1. The van der Waals surface area contributed by atoms with Gasteiger partial charge in [-0.1, -0.05) is 30.0 Å². The standard InChI is InChI=1S/C12H11NOS2/c1-9(14)13-10-5-2-3-6-11(10)16-12-7-4-8-15-12/h2-8H,1H3,(H,13,14). The molecule has 16 heavy (non-hydrogen) atoms. The highest BCUT2D eigenvalue weighted by atomic mass is 32.2. The molecule has 0 atom stereocenters. The number of carbonyl (C=O) groups is 1. The molecule has 2 nitrogen and oxygen atoms in total. The number of anilines is 1. The second-order valence-corrected chi connectivity index (χ2v) is 5.50. The van der Waals surface area contributed by atoms with E-state index in [1.807, 2.05) is 35.7 Å². The van der Waals surface area contributed by atoms with Crippen molar-refractivity contribution < 1.29 is 4.79 Å². The molecule has 4 heteroatoms. The highest BCUT2D eigenvalue weighted by molar-refractivity contribution is 8.01. The van der Waals surface area contributed by atoms with Crippen LogP contribution in [0.5, 0.6) is 0 Å². The lowest BCUT2D eigenvalue weighted by atomic mass is 10.3. The number of nitrogens with one attached hydrogen (secondary N) is 1. The lowest BCUT2D eigenvalue weighted by Gasteiger charge is -2.07. The summed E-state index contributed by atoms with van der Waals surface area (Å²) in [5, 5.41) is 4.88. The molecule has 2 rings (SSSR count). The van der Waals surface area contributed by atoms with Crippen molar-refractivity contribution >= 4 is 34.7 Å². The van der Waals surface area contributed by atoms with Crippen LogP contribution in [0.2, 0.25) is 0 Å². The number of carbonyl (C=O) groups excluding carboxylic acids is 1. The minimum absolute atomic E-state index is 0.0424. The van der Waals surface area contributed by atoms with Gasteiger partial charge in [0.05, 0.1) is 9.90 Å². The van der Waals surface area contributed by atoms with Crippen molar-refractivity contribution in [2.45, 2.75) is 16.0 Å². The first-order valence-corrected chi connectivity index (χ1v) is 6.53. The van der Waals surface area contributed by atoms with Crippen molar-refractivity contribution in [3.63, 3.8) is 0 Å². The Bertz CT molecular complexity index is 480. The van der Waals surface area contributed by atoms with Crippen LogP contribution in [0.1, 0.15) is 6.92 Å². The van der Waals surface area contributed by atoms with Crippen molar-refractivity contribution in [1.29, 1.82) is 0 Å². The Hall–Kier alpha value is -1.26. The molecule has 0 saturated carbocycles. The SMILES string of the molecule is CC(=O)Nc1ccccc1Sc1cccs1. The minimum Gasteiger partial charge on any atom is -0.325 e. The zero-order valence-electron chi connectivity index (χ0n) is 8.77. The van der Waals surface area contributed by atoms with Gasteiger partial charge in [-0.05, 0) is 23.6 Å². The third-order valence-electron chi connectivity index (χ3n) is 1.90. The van der Waals surface area contributed by atoms with E-state index in [1.54, 1.807) is 23.1 Å². The largest absolute Gasteiger partial charge is 0.325 e. The minimum atomic E-state index is -0.0424. The predicted molar refractivity (Wildman–Crippen MR) is 69.2 cm³/mol. The molecule has 0 spiro atoms. The molecule has 0 aliphatic heterocycles. The molecule has 0 saturated heterocycles. The molecule has 0 bridgehead atoms. The number of thiophene rings is 1. The van der Waals surface area contributed by atoms with Crippen molar-refractivity contribution in [1.82, 2.24) is 0 Å². The molecule has 1 aromatic heterocycles. The number of para-hydroxylation sites is 1. The maximum Gasteiger partial charge on any atom is 0.221 e. The van der Waals surface area contributed by atoms with Crippen molar-refractivity contribution in [2.75, 3.05) is 5.32 Å². The van der Waals surface area contributed by atoms with Crippen molar-refractivity contribution in [2.24, 2.45) is 0 Å². The van der Waals surface area contributed by atoms with Gasteiger partial charge in [-0.15, -0.1) is 11.3 Å². The number of hydrogen-bond acceptors (Lipinski definition) is 3. The summed E-state index contributed by atoms with van der Waals surface area (Å²) in [6.45, 7) is 1.52. The van der Waals surface area contributed by atoms with Gasteiger partial charge in [0.25, 0.3) is 0 Å². The van der Waals surface area contributed by atoms with E-state index in [2.05, 4.69) is 11.4 Å². The van der Waals surface area contributed by atoms with Crippen molar-refractivity contribution in [3.8, 4) is 0 Å². The van der Waals surface area contributed by atoms with Gasteiger partial charge in [0.1, 0.15) is 0 Å². The first-order chi connectivity index (χ1) is 7.75. The average Bonchev–Trinajstić information content (AvgIpc) is 2.73. The van der Waals surface area contributed by atoms with E-state index in [-0.39, 0.29) is 5.91 Å². The summed E-state index contributed by atoms with van der Waals surface area (Å²) in [6.07, 6.45) is 0. The Kier molecular flexibility index (Phi) is 3.64. The summed E-state index contributed by atoms with van der Waals surface area (Å²) in [5.41, 5.74) is 0.869. The Balaban J connectivity index is 2.22. The highest BCUT2D eigenvalue weighted by Crippen LogP contribution is 2.35. The maximum atomic E-state index is 11.1.